The Bertz CT molecular complexity index is 1120. The van der Waals surface area contributed by atoms with E-state index >= 15 is 0 Å². The van der Waals surface area contributed by atoms with Crippen LogP contribution in [0.1, 0.15) is 32.4 Å². The number of amides is 1. The van der Waals surface area contributed by atoms with Gasteiger partial charge in [0.2, 0.25) is 5.78 Å². The Morgan fingerprint density at radius 3 is 2.30 bits per heavy atom. The lowest BCUT2D eigenvalue weighted by Gasteiger charge is -2.50. The Morgan fingerprint density at radius 1 is 1.15 bits per heavy atom. The second-order valence-electron chi connectivity index (χ2n) is 8.49. The van der Waals surface area contributed by atoms with Gasteiger partial charge in [-0.05, 0) is 50.6 Å². The normalized spacial score (nSPS) is 28.4. The summed E-state index contributed by atoms with van der Waals surface area (Å²) in [4.78, 5) is 39.8. The number of rotatable bonds is 2. The van der Waals surface area contributed by atoms with Gasteiger partial charge in [0, 0.05) is 17.2 Å². The summed E-state index contributed by atoms with van der Waals surface area (Å²) < 4.78 is 0. The quantitative estimate of drug-likeness (QED) is 0.210. The molecule has 0 saturated heterocycles. The lowest BCUT2D eigenvalue weighted by Crippen LogP contribution is -2.65. The standard InChI is InChI=1S/C21H23N3O7.2CH4/c1-24(2)15-9-6-7-5-8-10(22)3-4-11(25)13(8)16(26)12(7)18(28)21(9,31)19(29)14(17(15)27)20(23)30;;/h3-4,7,9,15,25-26,29,31H,5-6,22H2,1-2H3,(H2,23,30);2*1H4. The summed E-state index contributed by atoms with van der Waals surface area (Å²) in [6.07, 6.45) is 0.204. The molecule has 8 N–H and O–H groups in total. The molecular formula is C23H31N3O7. The number of Topliss-reactive ketones (excluding diaryl/α,β-unsaturated/α-hetero) is 2. The van der Waals surface area contributed by atoms with Crippen LogP contribution in [-0.2, 0) is 20.8 Å². The topological polar surface area (TPSA) is 187 Å². The first-order chi connectivity index (χ1) is 14.4. The zero-order valence-corrected chi connectivity index (χ0v) is 16.9. The molecule has 1 saturated carbocycles. The van der Waals surface area contributed by atoms with Gasteiger partial charge in [0.25, 0.3) is 5.91 Å². The third kappa shape index (κ3) is 3.20. The molecule has 0 aromatic heterocycles. The van der Waals surface area contributed by atoms with E-state index in [1.807, 2.05) is 0 Å². The van der Waals surface area contributed by atoms with Crippen LogP contribution in [0.2, 0.25) is 0 Å². The molecule has 3 aliphatic rings. The smallest absolute Gasteiger partial charge is 0.255 e. The van der Waals surface area contributed by atoms with E-state index in [4.69, 9.17) is 11.5 Å². The molecule has 1 amide bonds. The number of nitrogen functional groups attached to an aromatic ring is 1. The summed E-state index contributed by atoms with van der Waals surface area (Å²) in [7, 11) is 3.09. The third-order valence-corrected chi connectivity index (χ3v) is 6.64. The summed E-state index contributed by atoms with van der Waals surface area (Å²) in [5.74, 6) is -6.80. The zero-order chi connectivity index (χ0) is 23.0. The summed E-state index contributed by atoms with van der Waals surface area (Å²) in [6.45, 7) is 0. The maximum Gasteiger partial charge on any atom is 0.255 e. The molecule has 1 fully saturated rings. The minimum absolute atomic E-state index is 0. The highest BCUT2D eigenvalue weighted by Crippen LogP contribution is 2.53. The number of phenols is 1. The van der Waals surface area contributed by atoms with Crippen LogP contribution in [0, 0.1) is 11.8 Å². The lowest BCUT2D eigenvalue weighted by atomic mass is 9.57. The Balaban J connectivity index is 0.00000193. The molecular weight excluding hydrogens is 430 g/mol. The number of aliphatic hydroxyl groups is 3. The van der Waals surface area contributed by atoms with Crippen molar-refractivity contribution in [3.8, 4) is 5.75 Å². The van der Waals surface area contributed by atoms with Crippen molar-refractivity contribution in [1.29, 1.82) is 0 Å². The minimum atomic E-state index is -2.64. The van der Waals surface area contributed by atoms with Crippen molar-refractivity contribution in [3.63, 3.8) is 0 Å². The van der Waals surface area contributed by atoms with E-state index in [-0.39, 0.29) is 44.6 Å². The van der Waals surface area contributed by atoms with Crippen LogP contribution in [0.25, 0.3) is 5.76 Å². The Hall–Kier alpha value is -3.37. The number of phenolic OH excluding ortho intramolecular Hbond substituents is 1. The number of anilines is 1. The van der Waals surface area contributed by atoms with Crippen molar-refractivity contribution in [2.24, 2.45) is 17.6 Å². The molecule has 180 valence electrons. The molecule has 0 radical (unpaired) electrons. The van der Waals surface area contributed by atoms with Crippen LogP contribution in [0.3, 0.4) is 0 Å². The molecule has 10 heteroatoms. The van der Waals surface area contributed by atoms with Crippen molar-refractivity contribution in [1.82, 2.24) is 4.90 Å². The Kier molecular flexibility index (Phi) is 6.43. The fourth-order valence-corrected chi connectivity index (χ4v) is 5.27. The van der Waals surface area contributed by atoms with Gasteiger partial charge in [-0.3, -0.25) is 19.3 Å². The van der Waals surface area contributed by atoms with Gasteiger partial charge in [-0.2, -0.15) is 0 Å². The number of benzene rings is 1. The molecule has 4 atom stereocenters. The van der Waals surface area contributed by atoms with E-state index < -0.39 is 58.0 Å². The molecule has 1 aromatic rings. The summed E-state index contributed by atoms with van der Waals surface area (Å²) in [5, 5.41) is 43.3. The number of nitrogens with zero attached hydrogens (tertiary/aromatic N) is 1. The highest BCUT2D eigenvalue weighted by atomic mass is 16.3. The van der Waals surface area contributed by atoms with Crippen LogP contribution < -0.4 is 11.5 Å². The van der Waals surface area contributed by atoms with E-state index in [2.05, 4.69) is 0 Å². The summed E-state index contributed by atoms with van der Waals surface area (Å²) in [6, 6.07) is 1.65. The second-order valence-corrected chi connectivity index (χ2v) is 8.49. The van der Waals surface area contributed by atoms with Gasteiger partial charge in [0.1, 0.15) is 22.8 Å². The largest absolute Gasteiger partial charge is 0.508 e. The van der Waals surface area contributed by atoms with Gasteiger partial charge >= 0.3 is 0 Å². The predicted molar refractivity (Wildman–Crippen MR) is 122 cm³/mol. The predicted octanol–water partition coefficient (Wildman–Crippen LogP) is 0.818. The van der Waals surface area contributed by atoms with Gasteiger partial charge in [-0.15, -0.1) is 0 Å². The van der Waals surface area contributed by atoms with E-state index in [1.165, 1.54) is 17.0 Å². The SMILES string of the molecule is C.C.CN(C)C1C(=O)C(C(N)=O)=C(O)C2(O)C(=O)C3=C(O)c4c(O)ccc(N)c4CC3CC12. The van der Waals surface area contributed by atoms with Crippen molar-refractivity contribution in [3.05, 3.63) is 40.2 Å². The van der Waals surface area contributed by atoms with Crippen LogP contribution in [0.4, 0.5) is 5.69 Å². The average Bonchev–Trinajstić information content (AvgIpc) is 2.67. The number of nitrogens with two attached hydrogens (primary N) is 2. The number of carbonyl (C=O) groups excluding carboxylic acids is 3. The number of carbonyl (C=O) groups is 3. The maximum absolute atomic E-state index is 13.5. The van der Waals surface area contributed by atoms with Crippen molar-refractivity contribution in [2.75, 3.05) is 19.8 Å². The van der Waals surface area contributed by atoms with E-state index in [0.29, 0.717) is 11.3 Å². The molecule has 4 rings (SSSR count). The number of hydrogen-bond acceptors (Lipinski definition) is 9. The molecule has 1 aromatic carbocycles. The van der Waals surface area contributed by atoms with E-state index in [9.17, 15) is 34.8 Å². The average molecular weight is 462 g/mol. The molecule has 0 bridgehead atoms. The third-order valence-electron chi connectivity index (χ3n) is 6.64. The highest BCUT2D eigenvalue weighted by Gasteiger charge is 2.64. The number of ketones is 2. The first-order valence-corrected chi connectivity index (χ1v) is 9.68. The van der Waals surface area contributed by atoms with Gasteiger partial charge in [-0.25, -0.2) is 0 Å². The van der Waals surface area contributed by atoms with Crippen LogP contribution >= 0.6 is 0 Å². The van der Waals surface area contributed by atoms with Crippen molar-refractivity contribution in [2.45, 2.75) is 39.3 Å². The van der Waals surface area contributed by atoms with Crippen LogP contribution in [0.5, 0.6) is 5.75 Å². The molecule has 4 unspecified atom stereocenters. The number of primary amides is 1. The Morgan fingerprint density at radius 2 is 1.76 bits per heavy atom. The molecule has 33 heavy (non-hydrogen) atoms. The van der Waals surface area contributed by atoms with E-state index in [0.717, 1.165) is 0 Å². The number of hydrogen-bond donors (Lipinski definition) is 6. The fourth-order valence-electron chi connectivity index (χ4n) is 5.27. The number of likely N-dealkylation sites (N-methyl/N-ethyl adjacent to an activating group) is 1. The number of aromatic hydroxyl groups is 1. The van der Waals surface area contributed by atoms with Gasteiger partial charge in [0.05, 0.1) is 11.6 Å². The van der Waals surface area contributed by atoms with Crippen LogP contribution in [-0.4, -0.2) is 68.5 Å². The highest BCUT2D eigenvalue weighted by molar-refractivity contribution is 6.24. The van der Waals surface area contributed by atoms with Gasteiger partial charge < -0.3 is 31.9 Å². The van der Waals surface area contributed by atoms with Gasteiger partial charge in [-0.1, -0.05) is 14.9 Å². The summed E-state index contributed by atoms with van der Waals surface area (Å²) in [5.41, 5.74) is 8.35. The summed E-state index contributed by atoms with van der Waals surface area (Å²) >= 11 is 0. The Labute approximate surface area is 191 Å². The molecule has 0 aliphatic heterocycles. The monoisotopic (exact) mass is 461 g/mol. The maximum atomic E-state index is 13.5. The van der Waals surface area contributed by atoms with Crippen LogP contribution in [0.15, 0.2) is 29.0 Å². The van der Waals surface area contributed by atoms with E-state index in [1.54, 1.807) is 14.1 Å². The molecule has 10 nitrogen and oxygen atoms in total. The second kappa shape index (κ2) is 8.20. The lowest BCUT2D eigenvalue weighted by molar-refractivity contribution is -0.153. The first-order valence-electron chi connectivity index (χ1n) is 9.68. The number of fused-ring (bicyclic) bond motifs is 3. The number of aliphatic hydroxyl groups excluding tert-OH is 2. The zero-order valence-electron chi connectivity index (χ0n) is 16.9. The fraction of sp³-hybridized carbons (Fsp3) is 0.435. The van der Waals surface area contributed by atoms with Crippen molar-refractivity contribution < 1.29 is 34.8 Å². The molecule has 0 heterocycles. The first kappa shape index (κ1) is 25.9. The molecule has 0 spiro atoms. The van der Waals surface area contributed by atoms with Gasteiger partial charge in [0.15, 0.2) is 11.4 Å². The molecule has 3 aliphatic carbocycles. The van der Waals surface area contributed by atoms with Crippen molar-refractivity contribution >= 4 is 28.9 Å². The minimum Gasteiger partial charge on any atom is -0.508 e.